The summed E-state index contributed by atoms with van der Waals surface area (Å²) in [5, 5.41) is 8.76. The highest BCUT2D eigenvalue weighted by Gasteiger charge is 2.25. The molecule has 5 nitrogen and oxygen atoms in total. The van der Waals surface area contributed by atoms with Crippen molar-refractivity contribution in [3.05, 3.63) is 0 Å². The highest BCUT2D eigenvalue weighted by atomic mass is 16.4. The Morgan fingerprint density at radius 2 is 1.89 bits per heavy atom. The third-order valence-electron chi connectivity index (χ3n) is 3.77. The molecule has 0 aromatic rings. The molecule has 5 heteroatoms. The molecule has 0 aromatic carbocycles. The summed E-state index contributed by atoms with van der Waals surface area (Å²) < 4.78 is 0. The number of aliphatic carboxylic acids is 1. The zero-order valence-electron chi connectivity index (χ0n) is 12.1. The molecule has 1 heterocycles. The lowest BCUT2D eigenvalue weighted by Crippen LogP contribution is -2.45. The Hall–Kier alpha value is -1.26. The highest BCUT2D eigenvalue weighted by molar-refractivity contribution is 5.74. The van der Waals surface area contributed by atoms with Crippen LogP contribution in [-0.2, 0) is 4.79 Å². The zero-order valence-corrected chi connectivity index (χ0v) is 12.1. The molecule has 1 fully saturated rings. The normalized spacial score (nSPS) is 16.4. The summed E-state index contributed by atoms with van der Waals surface area (Å²) in [6, 6.07) is 0.0879. The van der Waals surface area contributed by atoms with Gasteiger partial charge in [-0.25, -0.2) is 4.79 Å². The quantitative estimate of drug-likeness (QED) is 0.754. The summed E-state index contributed by atoms with van der Waals surface area (Å²) >= 11 is 0. The van der Waals surface area contributed by atoms with Crippen molar-refractivity contribution in [2.24, 2.45) is 5.92 Å². The van der Waals surface area contributed by atoms with Crippen molar-refractivity contribution < 1.29 is 14.7 Å². The minimum Gasteiger partial charge on any atom is -0.481 e. The SMILES string of the molecule is CCCCCN(C)C(=O)N1CCC(CC(=O)O)CC1. The van der Waals surface area contributed by atoms with E-state index in [4.69, 9.17) is 5.11 Å². The first kappa shape index (κ1) is 15.8. The van der Waals surface area contributed by atoms with Crippen molar-refractivity contribution in [3.63, 3.8) is 0 Å². The predicted octanol–water partition coefficient (Wildman–Crippen LogP) is 2.42. The monoisotopic (exact) mass is 270 g/mol. The maximum absolute atomic E-state index is 12.2. The number of rotatable bonds is 6. The van der Waals surface area contributed by atoms with Crippen LogP contribution in [0.3, 0.4) is 0 Å². The van der Waals surface area contributed by atoms with Gasteiger partial charge in [0.1, 0.15) is 0 Å². The van der Waals surface area contributed by atoms with E-state index in [0.29, 0.717) is 13.1 Å². The summed E-state index contributed by atoms with van der Waals surface area (Å²) in [5.74, 6) is -0.506. The molecule has 1 rings (SSSR count). The number of carboxylic acid groups (broad SMARTS) is 1. The summed E-state index contributed by atoms with van der Waals surface area (Å²) in [7, 11) is 1.85. The fraction of sp³-hybridized carbons (Fsp3) is 0.857. The van der Waals surface area contributed by atoms with E-state index in [-0.39, 0.29) is 18.4 Å². The molecule has 19 heavy (non-hydrogen) atoms. The molecule has 0 aromatic heterocycles. The molecule has 0 aliphatic carbocycles. The Kier molecular flexibility index (Phi) is 6.67. The van der Waals surface area contributed by atoms with Gasteiger partial charge >= 0.3 is 12.0 Å². The van der Waals surface area contributed by atoms with Crippen LogP contribution in [-0.4, -0.2) is 53.6 Å². The van der Waals surface area contributed by atoms with Gasteiger partial charge in [-0.1, -0.05) is 19.8 Å². The van der Waals surface area contributed by atoms with E-state index in [0.717, 1.165) is 38.6 Å². The van der Waals surface area contributed by atoms with E-state index < -0.39 is 5.97 Å². The molecule has 0 spiro atoms. The van der Waals surface area contributed by atoms with Crippen LogP contribution in [0.2, 0.25) is 0 Å². The van der Waals surface area contributed by atoms with Crippen LogP contribution in [0.1, 0.15) is 45.4 Å². The molecule has 0 atom stereocenters. The smallest absolute Gasteiger partial charge is 0.319 e. The topological polar surface area (TPSA) is 60.9 Å². The molecule has 1 saturated heterocycles. The van der Waals surface area contributed by atoms with Crippen LogP contribution >= 0.6 is 0 Å². The molecule has 1 aliphatic rings. The van der Waals surface area contributed by atoms with Gasteiger partial charge < -0.3 is 14.9 Å². The standard InChI is InChI=1S/C14H26N2O3/c1-3-4-5-8-15(2)14(19)16-9-6-12(7-10-16)11-13(17)18/h12H,3-11H2,1-2H3,(H,17,18). The van der Waals surface area contributed by atoms with Gasteiger partial charge in [0.15, 0.2) is 0 Å². The van der Waals surface area contributed by atoms with E-state index in [1.807, 2.05) is 11.9 Å². The second-order valence-electron chi connectivity index (χ2n) is 5.44. The van der Waals surface area contributed by atoms with Crippen LogP contribution in [0.15, 0.2) is 0 Å². The van der Waals surface area contributed by atoms with Crippen molar-refractivity contribution in [1.29, 1.82) is 0 Å². The van der Waals surface area contributed by atoms with E-state index in [1.54, 1.807) is 4.90 Å². The van der Waals surface area contributed by atoms with E-state index >= 15 is 0 Å². The molecule has 0 unspecified atom stereocenters. The summed E-state index contributed by atoms with van der Waals surface area (Å²) in [4.78, 5) is 26.4. The number of hydrogen-bond acceptors (Lipinski definition) is 2. The average molecular weight is 270 g/mol. The van der Waals surface area contributed by atoms with Gasteiger partial charge in [0, 0.05) is 33.1 Å². The average Bonchev–Trinajstić information content (AvgIpc) is 2.38. The van der Waals surface area contributed by atoms with E-state index in [2.05, 4.69) is 6.92 Å². The highest BCUT2D eigenvalue weighted by Crippen LogP contribution is 2.21. The number of nitrogens with zero attached hydrogens (tertiary/aromatic N) is 2. The molecular weight excluding hydrogens is 244 g/mol. The Morgan fingerprint density at radius 3 is 2.42 bits per heavy atom. The maximum Gasteiger partial charge on any atom is 0.319 e. The van der Waals surface area contributed by atoms with Crippen LogP contribution in [0.25, 0.3) is 0 Å². The number of piperidine rings is 1. The summed E-state index contributed by atoms with van der Waals surface area (Å²) in [6.45, 7) is 4.33. The molecule has 110 valence electrons. The Bertz CT molecular complexity index is 299. The second kappa shape index (κ2) is 8.02. The molecule has 1 N–H and O–H groups in total. The number of likely N-dealkylation sites (tertiary alicyclic amines) is 1. The van der Waals surface area contributed by atoms with E-state index in [9.17, 15) is 9.59 Å². The molecule has 0 saturated carbocycles. The van der Waals surface area contributed by atoms with Crippen molar-refractivity contribution in [3.8, 4) is 0 Å². The fourth-order valence-corrected chi connectivity index (χ4v) is 2.51. The number of carbonyl (C=O) groups excluding carboxylic acids is 1. The van der Waals surface area contributed by atoms with Gasteiger partial charge in [0.2, 0.25) is 0 Å². The lowest BCUT2D eigenvalue weighted by atomic mass is 9.94. The first-order valence-corrected chi connectivity index (χ1v) is 7.26. The number of urea groups is 1. The fourth-order valence-electron chi connectivity index (χ4n) is 2.51. The summed E-state index contributed by atoms with van der Waals surface area (Å²) in [5.41, 5.74) is 0. The molecular formula is C14H26N2O3. The number of carbonyl (C=O) groups is 2. The van der Waals surface area contributed by atoms with Gasteiger partial charge in [-0.05, 0) is 25.2 Å². The van der Waals surface area contributed by atoms with Crippen molar-refractivity contribution in [2.45, 2.75) is 45.4 Å². The first-order valence-electron chi connectivity index (χ1n) is 7.26. The molecule has 1 aliphatic heterocycles. The molecule has 0 radical (unpaired) electrons. The van der Waals surface area contributed by atoms with Crippen molar-refractivity contribution in [1.82, 2.24) is 9.80 Å². The minimum atomic E-state index is -0.735. The van der Waals surface area contributed by atoms with Crippen LogP contribution in [0, 0.1) is 5.92 Å². The van der Waals surface area contributed by atoms with E-state index in [1.165, 1.54) is 0 Å². The maximum atomic E-state index is 12.2. The third-order valence-corrected chi connectivity index (χ3v) is 3.77. The Balaban J connectivity index is 2.29. The minimum absolute atomic E-state index is 0.0879. The van der Waals surface area contributed by atoms with Gasteiger partial charge in [-0.3, -0.25) is 4.79 Å². The van der Waals surface area contributed by atoms with Crippen LogP contribution < -0.4 is 0 Å². The van der Waals surface area contributed by atoms with Crippen molar-refractivity contribution in [2.75, 3.05) is 26.7 Å². The first-order chi connectivity index (χ1) is 9.04. The molecule has 2 amide bonds. The van der Waals surface area contributed by atoms with Crippen LogP contribution in [0.4, 0.5) is 4.79 Å². The second-order valence-corrected chi connectivity index (χ2v) is 5.44. The zero-order chi connectivity index (χ0) is 14.3. The summed E-state index contributed by atoms with van der Waals surface area (Å²) in [6.07, 6.45) is 5.20. The number of amides is 2. The van der Waals surface area contributed by atoms with Gasteiger partial charge in [-0.15, -0.1) is 0 Å². The predicted molar refractivity (Wildman–Crippen MR) is 74.1 cm³/mol. The van der Waals surface area contributed by atoms with Gasteiger partial charge in [0.05, 0.1) is 0 Å². The lowest BCUT2D eigenvalue weighted by Gasteiger charge is -2.34. The Labute approximate surface area is 115 Å². The number of unbranched alkanes of at least 4 members (excludes halogenated alkanes) is 2. The lowest BCUT2D eigenvalue weighted by molar-refractivity contribution is -0.138. The van der Waals surface area contributed by atoms with Crippen LogP contribution in [0.5, 0.6) is 0 Å². The number of hydrogen-bond donors (Lipinski definition) is 1. The molecule has 0 bridgehead atoms. The van der Waals surface area contributed by atoms with Gasteiger partial charge in [-0.2, -0.15) is 0 Å². The Morgan fingerprint density at radius 1 is 1.26 bits per heavy atom. The van der Waals surface area contributed by atoms with Crippen molar-refractivity contribution >= 4 is 12.0 Å². The third kappa shape index (κ3) is 5.49. The largest absolute Gasteiger partial charge is 0.481 e. The number of carboxylic acids is 1. The van der Waals surface area contributed by atoms with Gasteiger partial charge in [0.25, 0.3) is 0 Å².